The van der Waals surface area contributed by atoms with Crippen LogP contribution in [-0.4, -0.2) is 28.3 Å². The third-order valence-corrected chi connectivity index (χ3v) is 3.46. The first-order chi connectivity index (χ1) is 10.3. The lowest BCUT2D eigenvalue weighted by Crippen LogP contribution is -2.06. The molecule has 0 amide bonds. The molecule has 2 aromatic heterocycles. The van der Waals surface area contributed by atoms with Crippen LogP contribution in [0.25, 0.3) is 22.6 Å². The van der Waals surface area contributed by atoms with Gasteiger partial charge in [-0.05, 0) is 23.8 Å². The third-order valence-electron chi connectivity index (χ3n) is 3.46. The minimum Gasteiger partial charge on any atom is -0.383 e. The maximum absolute atomic E-state index is 5.62. The minimum absolute atomic E-state index is 0.493. The number of para-hydroxylation sites is 2. The van der Waals surface area contributed by atoms with Crippen molar-refractivity contribution >= 4 is 11.0 Å². The molecule has 0 aliphatic heterocycles. The molecule has 108 valence electrons. The number of pyridine rings is 1. The number of hydrogen-bond acceptors (Lipinski definition) is 4. The lowest BCUT2D eigenvalue weighted by Gasteiger charge is -2.08. The molecule has 2 N–H and O–H groups in total. The summed E-state index contributed by atoms with van der Waals surface area (Å²) in [6.45, 7) is 1.87. The molecule has 0 atom stereocenters. The number of benzene rings is 1. The summed E-state index contributed by atoms with van der Waals surface area (Å²) in [7, 11) is 1.70. The van der Waals surface area contributed by atoms with E-state index in [0.29, 0.717) is 13.2 Å². The van der Waals surface area contributed by atoms with Crippen LogP contribution in [0.5, 0.6) is 0 Å². The molecule has 21 heavy (non-hydrogen) atoms. The first kappa shape index (κ1) is 13.7. The number of hydrogen-bond donors (Lipinski definition) is 1. The van der Waals surface area contributed by atoms with Crippen LogP contribution in [0.4, 0.5) is 0 Å². The van der Waals surface area contributed by atoms with Crippen molar-refractivity contribution in [3.8, 4) is 11.5 Å². The van der Waals surface area contributed by atoms with E-state index in [0.717, 1.165) is 34.7 Å². The number of ether oxygens (including phenoxy) is 1. The van der Waals surface area contributed by atoms with E-state index < -0.39 is 0 Å². The third kappa shape index (κ3) is 2.66. The highest BCUT2D eigenvalue weighted by atomic mass is 16.5. The van der Waals surface area contributed by atoms with Gasteiger partial charge in [0.05, 0.1) is 17.6 Å². The molecular formula is C16H18N4O. The minimum atomic E-state index is 0.493. The van der Waals surface area contributed by atoms with Gasteiger partial charge in [-0.3, -0.25) is 4.98 Å². The number of nitrogens with two attached hydrogens (primary N) is 1. The van der Waals surface area contributed by atoms with Gasteiger partial charge in [0.15, 0.2) is 5.82 Å². The predicted octanol–water partition coefficient (Wildman–Crippen LogP) is 2.20. The maximum Gasteiger partial charge on any atom is 0.159 e. The van der Waals surface area contributed by atoms with Crippen LogP contribution in [0.15, 0.2) is 42.6 Å². The fourth-order valence-electron chi connectivity index (χ4n) is 2.36. The normalized spacial score (nSPS) is 11.1. The van der Waals surface area contributed by atoms with E-state index >= 15 is 0 Å². The van der Waals surface area contributed by atoms with Gasteiger partial charge in [0.2, 0.25) is 0 Å². The molecule has 2 heterocycles. The van der Waals surface area contributed by atoms with E-state index in [9.17, 15) is 0 Å². The van der Waals surface area contributed by atoms with Crippen molar-refractivity contribution in [1.82, 2.24) is 14.5 Å². The SMILES string of the molecule is COCCn1c(-c2ccc(CN)cn2)nc2ccccc21. The molecular weight excluding hydrogens is 264 g/mol. The molecule has 1 aromatic carbocycles. The fraction of sp³-hybridized carbons (Fsp3) is 0.250. The van der Waals surface area contributed by atoms with E-state index in [1.165, 1.54) is 0 Å². The maximum atomic E-state index is 5.62. The smallest absolute Gasteiger partial charge is 0.159 e. The van der Waals surface area contributed by atoms with Crippen molar-refractivity contribution in [1.29, 1.82) is 0 Å². The van der Waals surface area contributed by atoms with Crippen LogP contribution in [0.3, 0.4) is 0 Å². The number of nitrogens with zero attached hydrogens (tertiary/aromatic N) is 3. The molecule has 0 aliphatic carbocycles. The Morgan fingerprint density at radius 2 is 2.05 bits per heavy atom. The van der Waals surface area contributed by atoms with Gasteiger partial charge in [0.1, 0.15) is 5.69 Å². The van der Waals surface area contributed by atoms with Crippen LogP contribution in [0, 0.1) is 0 Å². The van der Waals surface area contributed by atoms with Crippen LogP contribution < -0.4 is 5.73 Å². The first-order valence-electron chi connectivity index (χ1n) is 6.93. The molecule has 3 rings (SSSR count). The summed E-state index contributed by atoms with van der Waals surface area (Å²) < 4.78 is 7.35. The second-order valence-electron chi connectivity index (χ2n) is 4.82. The summed E-state index contributed by atoms with van der Waals surface area (Å²) in [5.74, 6) is 0.858. The molecule has 0 spiro atoms. The van der Waals surface area contributed by atoms with Crippen molar-refractivity contribution in [3.63, 3.8) is 0 Å². The first-order valence-corrected chi connectivity index (χ1v) is 6.93. The van der Waals surface area contributed by atoms with E-state index in [4.69, 9.17) is 15.5 Å². The van der Waals surface area contributed by atoms with E-state index in [1.54, 1.807) is 13.3 Å². The second kappa shape index (κ2) is 6.03. The van der Waals surface area contributed by atoms with Crippen molar-refractivity contribution in [3.05, 3.63) is 48.2 Å². The highest BCUT2D eigenvalue weighted by molar-refractivity contribution is 5.79. The van der Waals surface area contributed by atoms with E-state index in [2.05, 4.69) is 15.6 Å². The van der Waals surface area contributed by atoms with Gasteiger partial charge in [0, 0.05) is 26.4 Å². The molecule has 0 radical (unpaired) electrons. The molecule has 3 aromatic rings. The molecule has 0 saturated carbocycles. The van der Waals surface area contributed by atoms with Gasteiger partial charge in [0.25, 0.3) is 0 Å². The molecule has 0 unspecified atom stereocenters. The molecule has 5 heteroatoms. The number of imidazole rings is 1. The van der Waals surface area contributed by atoms with Crippen LogP contribution in [0.1, 0.15) is 5.56 Å². The fourth-order valence-corrected chi connectivity index (χ4v) is 2.36. The second-order valence-corrected chi connectivity index (χ2v) is 4.82. The van der Waals surface area contributed by atoms with Gasteiger partial charge in [-0.1, -0.05) is 18.2 Å². The highest BCUT2D eigenvalue weighted by Gasteiger charge is 2.13. The zero-order chi connectivity index (χ0) is 14.7. The molecule has 0 saturated heterocycles. The molecule has 0 bridgehead atoms. The van der Waals surface area contributed by atoms with Gasteiger partial charge < -0.3 is 15.0 Å². The van der Waals surface area contributed by atoms with Gasteiger partial charge in [-0.2, -0.15) is 0 Å². The molecule has 0 fully saturated rings. The van der Waals surface area contributed by atoms with Crippen LogP contribution >= 0.6 is 0 Å². The Kier molecular flexibility index (Phi) is 3.94. The molecule has 5 nitrogen and oxygen atoms in total. The lowest BCUT2D eigenvalue weighted by molar-refractivity contribution is 0.188. The van der Waals surface area contributed by atoms with Crippen molar-refractivity contribution in [2.24, 2.45) is 5.73 Å². The Balaban J connectivity index is 2.10. The standard InChI is InChI=1S/C16H18N4O/c1-21-9-8-20-15-5-3-2-4-13(15)19-16(20)14-7-6-12(10-17)11-18-14/h2-7,11H,8-10,17H2,1H3. The van der Waals surface area contributed by atoms with Gasteiger partial charge >= 0.3 is 0 Å². The lowest BCUT2D eigenvalue weighted by atomic mass is 10.2. The molecule has 0 aliphatic rings. The Morgan fingerprint density at radius 1 is 1.19 bits per heavy atom. The Labute approximate surface area is 123 Å². The Morgan fingerprint density at radius 3 is 2.76 bits per heavy atom. The average molecular weight is 282 g/mol. The topological polar surface area (TPSA) is 66.0 Å². The number of aromatic nitrogens is 3. The predicted molar refractivity (Wildman–Crippen MR) is 82.7 cm³/mol. The number of fused-ring (bicyclic) bond motifs is 1. The Bertz CT molecular complexity index is 734. The highest BCUT2D eigenvalue weighted by Crippen LogP contribution is 2.23. The largest absolute Gasteiger partial charge is 0.383 e. The van der Waals surface area contributed by atoms with Crippen molar-refractivity contribution in [2.75, 3.05) is 13.7 Å². The van der Waals surface area contributed by atoms with E-state index in [-0.39, 0.29) is 0 Å². The Hall–Kier alpha value is -2.24. The van der Waals surface area contributed by atoms with Crippen molar-refractivity contribution in [2.45, 2.75) is 13.1 Å². The monoisotopic (exact) mass is 282 g/mol. The summed E-state index contributed by atoms with van der Waals surface area (Å²) in [6.07, 6.45) is 1.80. The summed E-state index contributed by atoms with van der Waals surface area (Å²) in [4.78, 5) is 9.18. The zero-order valence-corrected chi connectivity index (χ0v) is 12.0. The van der Waals surface area contributed by atoms with Crippen molar-refractivity contribution < 1.29 is 4.74 Å². The number of rotatable bonds is 5. The zero-order valence-electron chi connectivity index (χ0n) is 12.0. The summed E-state index contributed by atoms with van der Waals surface area (Å²) in [6, 6.07) is 12.0. The summed E-state index contributed by atoms with van der Waals surface area (Å²) >= 11 is 0. The summed E-state index contributed by atoms with van der Waals surface area (Å²) in [5, 5.41) is 0. The average Bonchev–Trinajstić information content (AvgIpc) is 2.91. The van der Waals surface area contributed by atoms with Gasteiger partial charge in [-0.15, -0.1) is 0 Å². The van der Waals surface area contributed by atoms with Crippen LogP contribution in [0.2, 0.25) is 0 Å². The number of methoxy groups -OCH3 is 1. The van der Waals surface area contributed by atoms with E-state index in [1.807, 2.05) is 30.3 Å². The summed E-state index contributed by atoms with van der Waals surface area (Å²) in [5.41, 5.74) is 9.54. The van der Waals surface area contributed by atoms with Gasteiger partial charge in [-0.25, -0.2) is 4.98 Å². The quantitative estimate of drug-likeness (QED) is 0.779. The van der Waals surface area contributed by atoms with Crippen LogP contribution in [-0.2, 0) is 17.8 Å².